The fraction of sp³-hybridized carbons (Fsp3) is 0.167. The van der Waals surface area contributed by atoms with Gasteiger partial charge in [-0.1, -0.05) is 18.2 Å². The third-order valence-electron chi connectivity index (χ3n) is 4.46. The maximum Gasteiger partial charge on any atom is 0.269 e. The van der Waals surface area contributed by atoms with Gasteiger partial charge in [0.05, 0.1) is 11.4 Å². The predicted octanol–water partition coefficient (Wildman–Crippen LogP) is 1.59. The fourth-order valence-electron chi connectivity index (χ4n) is 3.46. The van der Waals surface area contributed by atoms with Crippen molar-refractivity contribution in [1.29, 1.82) is 0 Å². The van der Waals surface area contributed by atoms with E-state index in [4.69, 9.17) is 5.73 Å². The number of para-hydroxylation sites is 1. The monoisotopic (exact) mass is 371 g/mol. The summed E-state index contributed by atoms with van der Waals surface area (Å²) in [6.45, 7) is -0.274. The Hall–Kier alpha value is -2.87. The SMILES string of the molecule is NC(=O)CN1C(=O)[C@]2(SCC(=O)N2c2ccc(F)cc2)c2ccccc21. The number of carbonyl (C=O) groups is 3. The summed E-state index contributed by atoms with van der Waals surface area (Å²) in [6.07, 6.45) is 0. The number of rotatable bonds is 3. The number of benzene rings is 2. The number of anilines is 2. The number of primary amides is 1. The van der Waals surface area contributed by atoms with E-state index >= 15 is 0 Å². The van der Waals surface area contributed by atoms with Crippen LogP contribution in [0.1, 0.15) is 5.56 Å². The number of hydrogen-bond acceptors (Lipinski definition) is 4. The number of hydrogen-bond donors (Lipinski definition) is 1. The molecule has 0 saturated carbocycles. The molecule has 1 atom stereocenters. The quantitative estimate of drug-likeness (QED) is 0.888. The molecule has 2 aromatic rings. The molecule has 0 aromatic heterocycles. The van der Waals surface area contributed by atoms with E-state index in [-0.39, 0.29) is 18.2 Å². The van der Waals surface area contributed by atoms with Crippen molar-refractivity contribution < 1.29 is 18.8 Å². The molecular weight excluding hydrogens is 357 g/mol. The van der Waals surface area contributed by atoms with E-state index in [1.807, 2.05) is 0 Å². The highest BCUT2D eigenvalue weighted by molar-refractivity contribution is 8.02. The second-order valence-corrected chi connectivity index (χ2v) is 7.18. The molecule has 1 spiro atoms. The molecule has 2 N–H and O–H groups in total. The third kappa shape index (κ3) is 2.22. The number of amides is 3. The van der Waals surface area contributed by atoms with Crippen LogP contribution < -0.4 is 15.5 Å². The fourth-order valence-corrected chi connectivity index (χ4v) is 4.82. The van der Waals surface area contributed by atoms with Crippen LogP contribution >= 0.6 is 11.8 Å². The molecule has 0 radical (unpaired) electrons. The molecule has 0 bridgehead atoms. The first-order valence-electron chi connectivity index (χ1n) is 7.87. The number of fused-ring (bicyclic) bond motifs is 2. The highest BCUT2D eigenvalue weighted by Crippen LogP contribution is 2.55. The van der Waals surface area contributed by atoms with Crippen molar-refractivity contribution in [3.05, 3.63) is 59.9 Å². The molecule has 0 unspecified atom stereocenters. The first-order chi connectivity index (χ1) is 12.4. The Bertz CT molecular complexity index is 934. The zero-order valence-electron chi connectivity index (χ0n) is 13.5. The number of nitrogens with zero attached hydrogens (tertiary/aromatic N) is 2. The summed E-state index contributed by atoms with van der Waals surface area (Å²) in [4.78, 5) is 38.8. The van der Waals surface area contributed by atoms with Crippen molar-refractivity contribution in [1.82, 2.24) is 0 Å². The Kier molecular flexibility index (Phi) is 3.73. The average molecular weight is 371 g/mol. The molecule has 26 heavy (non-hydrogen) atoms. The van der Waals surface area contributed by atoms with Gasteiger partial charge in [-0.2, -0.15) is 0 Å². The van der Waals surface area contributed by atoms with Gasteiger partial charge in [0.15, 0.2) is 0 Å². The standard InChI is InChI=1S/C18H14FN3O3S/c19-11-5-7-12(8-6-11)22-16(24)10-26-18(22)13-3-1-2-4-14(13)21(17(18)25)9-15(20)23/h1-8H,9-10H2,(H2,20,23)/t18-/m1/s1. The Labute approximate surface area is 152 Å². The minimum absolute atomic E-state index is 0.0991. The topological polar surface area (TPSA) is 83.7 Å². The molecule has 8 heteroatoms. The summed E-state index contributed by atoms with van der Waals surface area (Å²) in [5.74, 6) is -1.64. The van der Waals surface area contributed by atoms with E-state index in [2.05, 4.69) is 0 Å². The summed E-state index contributed by atoms with van der Waals surface area (Å²) in [5.41, 5.74) is 6.89. The first kappa shape index (κ1) is 16.6. The highest BCUT2D eigenvalue weighted by Gasteiger charge is 2.61. The predicted molar refractivity (Wildman–Crippen MR) is 96.0 cm³/mol. The van der Waals surface area contributed by atoms with Gasteiger partial charge in [0.1, 0.15) is 12.4 Å². The third-order valence-corrected chi connectivity index (χ3v) is 5.85. The Morgan fingerprint density at radius 1 is 1.15 bits per heavy atom. The summed E-state index contributed by atoms with van der Waals surface area (Å²) in [6, 6.07) is 12.4. The summed E-state index contributed by atoms with van der Waals surface area (Å²) in [7, 11) is 0. The maximum absolute atomic E-state index is 13.3. The van der Waals surface area contributed by atoms with Crippen LogP contribution in [0.25, 0.3) is 0 Å². The van der Waals surface area contributed by atoms with E-state index in [0.29, 0.717) is 16.9 Å². The summed E-state index contributed by atoms with van der Waals surface area (Å²) in [5, 5.41) is 0. The smallest absolute Gasteiger partial charge is 0.269 e. The van der Waals surface area contributed by atoms with Crippen molar-refractivity contribution in [2.45, 2.75) is 4.87 Å². The van der Waals surface area contributed by atoms with Crippen LogP contribution in [-0.2, 0) is 19.3 Å². The highest BCUT2D eigenvalue weighted by atomic mass is 32.2. The largest absolute Gasteiger partial charge is 0.368 e. The number of nitrogens with two attached hydrogens (primary N) is 1. The van der Waals surface area contributed by atoms with Crippen molar-refractivity contribution in [2.24, 2.45) is 5.73 Å². The molecule has 6 nitrogen and oxygen atoms in total. The van der Waals surface area contributed by atoms with Crippen LogP contribution in [0.15, 0.2) is 48.5 Å². The second kappa shape index (κ2) is 5.84. The van der Waals surface area contributed by atoms with E-state index < -0.39 is 22.5 Å². The van der Waals surface area contributed by atoms with E-state index in [1.165, 1.54) is 45.8 Å². The molecule has 4 rings (SSSR count). The van der Waals surface area contributed by atoms with Gasteiger partial charge < -0.3 is 5.73 Å². The van der Waals surface area contributed by atoms with E-state index in [1.54, 1.807) is 24.3 Å². The number of carbonyl (C=O) groups excluding carboxylic acids is 3. The lowest BCUT2D eigenvalue weighted by Crippen LogP contribution is -2.51. The van der Waals surface area contributed by atoms with Crippen molar-refractivity contribution in [3.63, 3.8) is 0 Å². The minimum Gasteiger partial charge on any atom is -0.368 e. The van der Waals surface area contributed by atoms with Crippen LogP contribution in [0.3, 0.4) is 0 Å². The van der Waals surface area contributed by atoms with Crippen LogP contribution in [0.2, 0.25) is 0 Å². The van der Waals surface area contributed by atoms with Gasteiger partial charge in [-0.25, -0.2) is 4.39 Å². The second-order valence-electron chi connectivity index (χ2n) is 6.01. The molecule has 1 fully saturated rings. The lowest BCUT2D eigenvalue weighted by molar-refractivity contribution is -0.125. The van der Waals surface area contributed by atoms with E-state index in [9.17, 15) is 18.8 Å². The molecule has 0 aliphatic carbocycles. The summed E-state index contributed by atoms with van der Waals surface area (Å²) >= 11 is 1.19. The van der Waals surface area contributed by atoms with Crippen LogP contribution in [-0.4, -0.2) is 30.0 Å². The molecule has 3 amide bonds. The normalized spacial score (nSPS) is 21.6. The van der Waals surface area contributed by atoms with Gasteiger partial charge in [0.25, 0.3) is 5.91 Å². The average Bonchev–Trinajstić information content (AvgIpc) is 3.08. The molecule has 132 valence electrons. The molecule has 2 aromatic carbocycles. The summed E-state index contributed by atoms with van der Waals surface area (Å²) < 4.78 is 13.3. The van der Waals surface area contributed by atoms with Crippen LogP contribution in [0, 0.1) is 5.82 Å². The van der Waals surface area contributed by atoms with Crippen molar-refractivity contribution in [2.75, 3.05) is 22.1 Å². The zero-order chi connectivity index (χ0) is 18.5. The van der Waals surface area contributed by atoms with Crippen LogP contribution in [0.5, 0.6) is 0 Å². The number of thioether (sulfide) groups is 1. The zero-order valence-corrected chi connectivity index (χ0v) is 14.3. The Balaban J connectivity index is 1.91. The van der Waals surface area contributed by atoms with E-state index in [0.717, 1.165) is 0 Å². The lowest BCUT2D eigenvalue weighted by Gasteiger charge is -2.33. The Morgan fingerprint density at radius 2 is 1.85 bits per heavy atom. The molecule has 2 heterocycles. The van der Waals surface area contributed by atoms with Gasteiger partial charge >= 0.3 is 0 Å². The Morgan fingerprint density at radius 3 is 2.54 bits per heavy atom. The maximum atomic E-state index is 13.3. The number of halogens is 1. The van der Waals surface area contributed by atoms with Crippen molar-refractivity contribution >= 4 is 40.9 Å². The minimum atomic E-state index is -1.32. The van der Waals surface area contributed by atoms with Gasteiger partial charge in [0.2, 0.25) is 16.7 Å². The van der Waals surface area contributed by atoms with Gasteiger partial charge in [0, 0.05) is 11.3 Å². The first-order valence-corrected chi connectivity index (χ1v) is 8.86. The molecular formula is C18H14FN3O3S. The van der Waals surface area contributed by atoms with Gasteiger partial charge in [-0.3, -0.25) is 24.2 Å². The van der Waals surface area contributed by atoms with Gasteiger partial charge in [-0.15, -0.1) is 11.8 Å². The van der Waals surface area contributed by atoms with Crippen molar-refractivity contribution in [3.8, 4) is 0 Å². The van der Waals surface area contributed by atoms with Crippen LogP contribution in [0.4, 0.5) is 15.8 Å². The molecule has 2 aliphatic heterocycles. The molecule has 1 saturated heterocycles. The lowest BCUT2D eigenvalue weighted by atomic mass is 10.0. The molecule has 2 aliphatic rings. The van der Waals surface area contributed by atoms with Gasteiger partial charge in [-0.05, 0) is 30.3 Å².